The van der Waals surface area contributed by atoms with Crippen LogP contribution in [0.3, 0.4) is 0 Å². The lowest BCUT2D eigenvalue weighted by Gasteiger charge is -2.10. The fourth-order valence-electron chi connectivity index (χ4n) is 4.26. The summed E-state index contributed by atoms with van der Waals surface area (Å²) in [5, 5.41) is 15.2. The summed E-state index contributed by atoms with van der Waals surface area (Å²) in [4.78, 5) is 37.4. The Labute approximate surface area is 206 Å². The molecule has 2 aromatic carbocycles. The number of fused-ring (bicyclic) bond motifs is 2. The Hall–Kier alpha value is -4.85. The third-order valence-corrected chi connectivity index (χ3v) is 5.99. The molecular formula is C28H23N5O3. The molecule has 8 nitrogen and oxygen atoms in total. The number of pyridine rings is 3. The Balaban J connectivity index is 1.34. The van der Waals surface area contributed by atoms with Gasteiger partial charge in [-0.3, -0.25) is 14.8 Å². The first-order valence-electron chi connectivity index (χ1n) is 11.4. The van der Waals surface area contributed by atoms with Crippen LogP contribution in [-0.2, 0) is 13.0 Å². The van der Waals surface area contributed by atoms with Crippen LogP contribution in [0.4, 0.5) is 5.82 Å². The Morgan fingerprint density at radius 2 is 1.72 bits per heavy atom. The Morgan fingerprint density at radius 1 is 0.917 bits per heavy atom. The van der Waals surface area contributed by atoms with E-state index in [0.29, 0.717) is 35.6 Å². The van der Waals surface area contributed by atoms with Crippen molar-refractivity contribution in [2.24, 2.45) is 0 Å². The summed E-state index contributed by atoms with van der Waals surface area (Å²) < 4.78 is 0. The third-order valence-electron chi connectivity index (χ3n) is 5.99. The number of hydrogen-bond acceptors (Lipinski definition) is 6. The number of amides is 1. The maximum absolute atomic E-state index is 12.8. The molecule has 0 unspecified atom stereocenters. The van der Waals surface area contributed by atoms with E-state index in [1.54, 1.807) is 36.8 Å². The van der Waals surface area contributed by atoms with E-state index in [1.165, 1.54) is 0 Å². The van der Waals surface area contributed by atoms with Gasteiger partial charge in [-0.15, -0.1) is 0 Å². The van der Waals surface area contributed by atoms with Crippen LogP contribution >= 0.6 is 0 Å². The second-order valence-electron chi connectivity index (χ2n) is 8.68. The number of benzene rings is 2. The van der Waals surface area contributed by atoms with Crippen molar-refractivity contribution in [2.75, 3.05) is 5.73 Å². The molecule has 0 fully saturated rings. The zero-order chi connectivity index (χ0) is 25.2. The van der Waals surface area contributed by atoms with Gasteiger partial charge >= 0.3 is 5.97 Å². The number of nitrogens with two attached hydrogens (primary N) is 1. The van der Waals surface area contributed by atoms with Gasteiger partial charge < -0.3 is 16.2 Å². The van der Waals surface area contributed by atoms with Crippen LogP contribution in [0.25, 0.3) is 21.7 Å². The number of nitrogens with zero attached hydrogens (tertiary/aromatic N) is 3. The van der Waals surface area contributed by atoms with Gasteiger partial charge in [0.1, 0.15) is 5.82 Å². The molecule has 0 spiro atoms. The Morgan fingerprint density at radius 3 is 2.56 bits per heavy atom. The largest absolute Gasteiger partial charge is 0.478 e. The van der Waals surface area contributed by atoms with Gasteiger partial charge in [-0.1, -0.05) is 12.1 Å². The van der Waals surface area contributed by atoms with E-state index < -0.39 is 5.97 Å². The van der Waals surface area contributed by atoms with Gasteiger partial charge in [-0.2, -0.15) is 0 Å². The van der Waals surface area contributed by atoms with E-state index in [-0.39, 0.29) is 11.5 Å². The number of nitrogens with one attached hydrogen (secondary N) is 1. The fraction of sp³-hybridized carbons (Fsp3) is 0.107. The minimum Gasteiger partial charge on any atom is -0.478 e. The van der Waals surface area contributed by atoms with Gasteiger partial charge in [0.2, 0.25) is 0 Å². The molecule has 0 aliphatic heterocycles. The molecule has 178 valence electrons. The first kappa shape index (κ1) is 22.9. The molecule has 5 rings (SSSR count). The predicted molar refractivity (Wildman–Crippen MR) is 138 cm³/mol. The number of anilines is 1. The van der Waals surface area contributed by atoms with Crippen LogP contribution in [0.15, 0.2) is 73.2 Å². The van der Waals surface area contributed by atoms with E-state index >= 15 is 0 Å². The van der Waals surface area contributed by atoms with E-state index in [2.05, 4.69) is 20.3 Å². The molecule has 4 N–H and O–H groups in total. The van der Waals surface area contributed by atoms with E-state index in [0.717, 1.165) is 32.8 Å². The molecule has 0 atom stereocenters. The lowest BCUT2D eigenvalue weighted by molar-refractivity contribution is 0.0698. The number of aromatic carboxylic acids is 1. The average Bonchev–Trinajstić information content (AvgIpc) is 2.86. The lowest BCUT2D eigenvalue weighted by atomic mass is 10.0. The van der Waals surface area contributed by atoms with Crippen molar-refractivity contribution >= 4 is 39.4 Å². The van der Waals surface area contributed by atoms with E-state index in [9.17, 15) is 14.7 Å². The molecule has 8 heteroatoms. The molecule has 0 saturated heterocycles. The average molecular weight is 478 g/mol. The number of carboxylic acid groups (broad SMARTS) is 1. The Bertz CT molecular complexity index is 1650. The standard InChI is InChI=1S/C28H23N5O3/c1-16-8-21-10-18(12-24(28(35)36)25(21)32-14-16)11-22-13-20(5-6-30-22)27(34)33-15-17-2-3-23-19(9-17)4-7-31-26(23)29/h2-10,12-14H,11,15H2,1H3,(H2,29,31)(H,33,34)(H,35,36). The maximum atomic E-state index is 12.8. The highest BCUT2D eigenvalue weighted by Gasteiger charge is 2.14. The number of nitrogen functional groups attached to an aromatic ring is 1. The number of carbonyl (C=O) groups excluding carboxylic acids is 1. The van der Waals surface area contributed by atoms with Crippen LogP contribution < -0.4 is 11.1 Å². The smallest absolute Gasteiger partial charge is 0.337 e. The van der Waals surface area contributed by atoms with Crippen LogP contribution in [0.1, 0.15) is 43.1 Å². The van der Waals surface area contributed by atoms with Gasteiger partial charge in [0.25, 0.3) is 5.91 Å². The molecular weight excluding hydrogens is 454 g/mol. The summed E-state index contributed by atoms with van der Waals surface area (Å²) in [7, 11) is 0. The monoisotopic (exact) mass is 477 g/mol. The molecule has 0 bridgehead atoms. The van der Waals surface area contributed by atoms with Gasteiger partial charge in [-0.05, 0) is 71.5 Å². The molecule has 3 heterocycles. The maximum Gasteiger partial charge on any atom is 0.337 e. The van der Waals surface area contributed by atoms with Gasteiger partial charge in [0.15, 0.2) is 0 Å². The van der Waals surface area contributed by atoms with Crippen LogP contribution in [-0.4, -0.2) is 31.9 Å². The summed E-state index contributed by atoms with van der Waals surface area (Å²) >= 11 is 0. The molecule has 1 amide bonds. The van der Waals surface area contributed by atoms with Crippen molar-refractivity contribution < 1.29 is 14.7 Å². The zero-order valence-corrected chi connectivity index (χ0v) is 19.5. The summed E-state index contributed by atoms with van der Waals surface area (Å²) in [6.07, 6.45) is 5.28. The molecule has 3 aromatic heterocycles. The van der Waals surface area contributed by atoms with E-state index in [4.69, 9.17) is 5.73 Å². The number of aryl methyl sites for hydroxylation is 1. The number of carbonyl (C=O) groups is 2. The van der Waals surface area contributed by atoms with Gasteiger partial charge in [0, 0.05) is 53.6 Å². The molecule has 0 saturated carbocycles. The Kier molecular flexibility index (Phi) is 6.00. The van der Waals surface area contributed by atoms with Gasteiger partial charge in [0.05, 0.1) is 11.1 Å². The molecule has 5 aromatic rings. The quantitative estimate of drug-likeness (QED) is 0.332. The van der Waals surface area contributed by atoms with Crippen molar-refractivity contribution in [3.63, 3.8) is 0 Å². The number of hydrogen-bond donors (Lipinski definition) is 3. The molecule has 0 aliphatic carbocycles. The van der Waals surface area contributed by atoms with Crippen molar-refractivity contribution in [3.8, 4) is 0 Å². The number of rotatable bonds is 6. The van der Waals surface area contributed by atoms with Crippen molar-refractivity contribution in [1.82, 2.24) is 20.3 Å². The summed E-state index contributed by atoms with van der Waals surface area (Å²) in [6.45, 7) is 2.27. The predicted octanol–water partition coefficient (Wildman–Crippen LogP) is 4.29. The highest BCUT2D eigenvalue weighted by Crippen LogP contribution is 2.23. The first-order chi connectivity index (χ1) is 17.4. The minimum atomic E-state index is -1.04. The lowest BCUT2D eigenvalue weighted by Crippen LogP contribution is -2.23. The second kappa shape index (κ2) is 9.42. The van der Waals surface area contributed by atoms with Crippen molar-refractivity contribution in [3.05, 3.63) is 107 Å². The highest BCUT2D eigenvalue weighted by molar-refractivity contribution is 6.02. The van der Waals surface area contributed by atoms with Crippen LogP contribution in [0.2, 0.25) is 0 Å². The fourth-order valence-corrected chi connectivity index (χ4v) is 4.26. The zero-order valence-electron chi connectivity index (χ0n) is 19.5. The minimum absolute atomic E-state index is 0.143. The van der Waals surface area contributed by atoms with E-state index in [1.807, 2.05) is 43.3 Å². The summed E-state index contributed by atoms with van der Waals surface area (Å²) in [6, 6.07) is 16.5. The SMILES string of the molecule is Cc1cnc2c(C(=O)O)cc(Cc3cc(C(=O)NCc4ccc5c(N)nccc5c4)ccn3)cc2c1. The molecule has 0 radical (unpaired) electrons. The third kappa shape index (κ3) is 4.69. The first-order valence-corrected chi connectivity index (χ1v) is 11.4. The summed E-state index contributed by atoms with van der Waals surface area (Å²) in [5.74, 6) is -0.787. The topological polar surface area (TPSA) is 131 Å². The number of carboxylic acids is 1. The van der Waals surface area contributed by atoms with Crippen LogP contribution in [0, 0.1) is 6.92 Å². The highest BCUT2D eigenvalue weighted by atomic mass is 16.4. The van der Waals surface area contributed by atoms with Crippen molar-refractivity contribution in [2.45, 2.75) is 19.9 Å². The second-order valence-corrected chi connectivity index (χ2v) is 8.68. The van der Waals surface area contributed by atoms with Crippen LogP contribution in [0.5, 0.6) is 0 Å². The number of aromatic nitrogens is 3. The normalized spacial score (nSPS) is 11.0. The summed E-state index contributed by atoms with van der Waals surface area (Å²) in [5.41, 5.74) is 10.3. The van der Waals surface area contributed by atoms with Crippen molar-refractivity contribution in [1.29, 1.82) is 0 Å². The molecule has 0 aliphatic rings. The van der Waals surface area contributed by atoms with Gasteiger partial charge in [-0.25, -0.2) is 9.78 Å². The molecule has 36 heavy (non-hydrogen) atoms.